The fraction of sp³-hybridized carbons (Fsp3) is 0.500. The van der Waals surface area contributed by atoms with Crippen LogP contribution in [0, 0.1) is 0 Å². The van der Waals surface area contributed by atoms with E-state index in [0.29, 0.717) is 11.4 Å². The third kappa shape index (κ3) is 1.51. The summed E-state index contributed by atoms with van der Waals surface area (Å²) in [4.78, 5) is 13.0. The summed E-state index contributed by atoms with van der Waals surface area (Å²) in [6.07, 6.45) is 1.04. The number of aliphatic hydroxyl groups is 1. The van der Waals surface area contributed by atoms with E-state index in [1.807, 2.05) is 0 Å². The molecule has 1 N–H and O–H groups in total. The summed E-state index contributed by atoms with van der Waals surface area (Å²) in [5.74, 6) is 0.617. The van der Waals surface area contributed by atoms with Crippen molar-refractivity contribution in [2.75, 3.05) is 4.90 Å². The van der Waals surface area contributed by atoms with Crippen molar-refractivity contribution in [3.05, 3.63) is 22.4 Å². The zero-order valence-electron chi connectivity index (χ0n) is 10.1. The van der Waals surface area contributed by atoms with E-state index in [1.54, 1.807) is 13.0 Å². The van der Waals surface area contributed by atoms with Gasteiger partial charge in [-0.25, -0.2) is 0 Å². The van der Waals surface area contributed by atoms with Crippen molar-refractivity contribution in [2.24, 2.45) is 0 Å². The third-order valence-corrected chi connectivity index (χ3v) is 4.18. The van der Waals surface area contributed by atoms with Crippen LogP contribution in [-0.2, 0) is 10.2 Å². The lowest BCUT2D eigenvalue weighted by Gasteiger charge is -2.17. The highest BCUT2D eigenvalue weighted by molar-refractivity contribution is 6.45. The van der Waals surface area contributed by atoms with Crippen LogP contribution in [0.5, 0.6) is 0 Å². The summed E-state index contributed by atoms with van der Waals surface area (Å²) in [6, 6.07) is 1.71. The first-order chi connectivity index (χ1) is 8.44. The van der Waals surface area contributed by atoms with Gasteiger partial charge in [0.15, 0.2) is 12.0 Å². The molecule has 1 amide bonds. The van der Waals surface area contributed by atoms with Crippen LogP contribution >= 0.6 is 11.6 Å². The highest BCUT2D eigenvalue weighted by Gasteiger charge is 2.44. The Hall–Kier alpha value is -1.33. The van der Waals surface area contributed by atoms with E-state index in [0.717, 1.165) is 23.5 Å². The van der Waals surface area contributed by atoms with Crippen molar-refractivity contribution >= 4 is 23.3 Å². The molecule has 2 aliphatic rings. The molecule has 0 bridgehead atoms. The quantitative estimate of drug-likeness (QED) is 0.890. The van der Waals surface area contributed by atoms with Gasteiger partial charge in [0, 0.05) is 17.1 Å². The predicted octanol–water partition coefficient (Wildman–Crippen LogP) is 1.90. The van der Waals surface area contributed by atoms with E-state index in [-0.39, 0.29) is 10.4 Å². The monoisotopic (exact) mass is 268 g/mol. The largest absolute Gasteiger partial charge is 0.369 e. The summed E-state index contributed by atoms with van der Waals surface area (Å²) in [7, 11) is 0. The van der Waals surface area contributed by atoms with Crippen LogP contribution in [0.15, 0.2) is 21.2 Å². The molecule has 18 heavy (non-hydrogen) atoms. The molecular formula is C12H13ClN2O3. The van der Waals surface area contributed by atoms with Crippen molar-refractivity contribution in [2.45, 2.75) is 38.3 Å². The number of aliphatic hydroxyl groups excluding tert-OH is 1. The Morgan fingerprint density at radius 3 is 2.78 bits per heavy atom. The van der Waals surface area contributed by atoms with E-state index < -0.39 is 12.1 Å². The molecule has 1 unspecified atom stereocenters. The molecule has 1 fully saturated rings. The van der Waals surface area contributed by atoms with Crippen LogP contribution < -0.4 is 4.90 Å². The van der Waals surface area contributed by atoms with Gasteiger partial charge in [0.25, 0.3) is 5.91 Å². The highest BCUT2D eigenvalue weighted by atomic mass is 35.5. The summed E-state index contributed by atoms with van der Waals surface area (Å²) < 4.78 is 5.25. The number of halogens is 1. The van der Waals surface area contributed by atoms with Crippen LogP contribution in [0.1, 0.15) is 32.4 Å². The van der Waals surface area contributed by atoms with E-state index in [1.165, 1.54) is 0 Å². The molecule has 1 aromatic rings. The maximum Gasteiger partial charge on any atom is 0.273 e. The maximum absolute atomic E-state index is 11.9. The van der Waals surface area contributed by atoms with Crippen LogP contribution in [-0.4, -0.2) is 22.4 Å². The molecule has 96 valence electrons. The van der Waals surface area contributed by atoms with Gasteiger partial charge in [-0.1, -0.05) is 23.7 Å². The second kappa shape index (κ2) is 3.59. The standard InChI is InChI=1S/C12H13ClN2O3/c1-6-9(13)11(17)15(10(6)16)8-5-7(18-14-8)12(2)3-4-12/h5,10,16H,3-4H2,1-2H3. The number of aromatic nitrogens is 1. The first-order valence-corrected chi connectivity index (χ1v) is 6.17. The molecule has 1 saturated carbocycles. The highest BCUT2D eigenvalue weighted by Crippen LogP contribution is 2.48. The molecular weight excluding hydrogens is 256 g/mol. The van der Waals surface area contributed by atoms with Crippen LogP contribution in [0.2, 0.25) is 0 Å². The second-order valence-corrected chi connectivity index (χ2v) is 5.53. The first-order valence-electron chi connectivity index (χ1n) is 5.79. The molecule has 0 aromatic carbocycles. The van der Waals surface area contributed by atoms with E-state index >= 15 is 0 Å². The van der Waals surface area contributed by atoms with Gasteiger partial charge < -0.3 is 9.63 Å². The Labute approximate surface area is 109 Å². The minimum absolute atomic E-state index is 0.0330. The normalized spacial score (nSPS) is 26.1. The topological polar surface area (TPSA) is 66.6 Å². The number of nitrogens with zero attached hydrogens (tertiary/aromatic N) is 2. The van der Waals surface area contributed by atoms with Gasteiger partial charge in [-0.3, -0.25) is 9.69 Å². The molecule has 1 aliphatic heterocycles. The van der Waals surface area contributed by atoms with Crippen molar-refractivity contribution in [1.82, 2.24) is 5.16 Å². The van der Waals surface area contributed by atoms with Gasteiger partial charge in [0.05, 0.1) is 0 Å². The SMILES string of the molecule is CC1=C(Cl)C(=O)N(c2cc(C3(C)CC3)on2)C1O. The van der Waals surface area contributed by atoms with Crippen LogP contribution in [0.3, 0.4) is 0 Å². The minimum Gasteiger partial charge on any atom is -0.369 e. The number of anilines is 1. The van der Waals surface area contributed by atoms with Gasteiger partial charge in [-0.2, -0.15) is 0 Å². The summed E-state index contributed by atoms with van der Waals surface area (Å²) in [5.41, 5.74) is 0.467. The van der Waals surface area contributed by atoms with Crippen molar-refractivity contribution in [3.8, 4) is 0 Å². The lowest BCUT2D eigenvalue weighted by molar-refractivity contribution is -0.115. The Bertz CT molecular complexity index is 559. The number of amides is 1. The molecule has 0 radical (unpaired) electrons. The van der Waals surface area contributed by atoms with Gasteiger partial charge in [0.1, 0.15) is 10.8 Å². The summed E-state index contributed by atoms with van der Waals surface area (Å²) in [5, 5.41) is 13.9. The smallest absolute Gasteiger partial charge is 0.273 e. The average molecular weight is 269 g/mol. The van der Waals surface area contributed by atoms with E-state index in [2.05, 4.69) is 12.1 Å². The van der Waals surface area contributed by atoms with Gasteiger partial charge in [-0.05, 0) is 19.8 Å². The lowest BCUT2D eigenvalue weighted by atomic mass is 10.1. The molecule has 1 aromatic heterocycles. The van der Waals surface area contributed by atoms with Crippen molar-refractivity contribution in [3.63, 3.8) is 0 Å². The van der Waals surface area contributed by atoms with Crippen molar-refractivity contribution < 1.29 is 14.4 Å². The van der Waals surface area contributed by atoms with Gasteiger partial charge in [0.2, 0.25) is 0 Å². The minimum atomic E-state index is -1.06. The molecule has 3 rings (SSSR count). The summed E-state index contributed by atoms with van der Waals surface area (Å²) in [6.45, 7) is 3.70. The molecule has 6 heteroatoms. The number of carbonyl (C=O) groups excluding carboxylic acids is 1. The number of carbonyl (C=O) groups is 1. The zero-order valence-corrected chi connectivity index (χ0v) is 10.9. The fourth-order valence-electron chi connectivity index (χ4n) is 2.02. The Balaban J connectivity index is 1.93. The average Bonchev–Trinajstić information content (AvgIpc) is 2.85. The van der Waals surface area contributed by atoms with E-state index in [9.17, 15) is 9.90 Å². The van der Waals surface area contributed by atoms with Crippen molar-refractivity contribution in [1.29, 1.82) is 0 Å². The molecule has 1 atom stereocenters. The molecule has 0 spiro atoms. The molecule has 5 nitrogen and oxygen atoms in total. The predicted molar refractivity (Wildman–Crippen MR) is 65.1 cm³/mol. The van der Waals surface area contributed by atoms with E-state index in [4.69, 9.17) is 16.1 Å². The molecule has 1 aliphatic carbocycles. The maximum atomic E-state index is 11.9. The third-order valence-electron chi connectivity index (χ3n) is 3.72. The Kier molecular flexibility index (Phi) is 2.34. The van der Waals surface area contributed by atoms with Crippen LogP contribution in [0.25, 0.3) is 0 Å². The summed E-state index contributed by atoms with van der Waals surface area (Å²) >= 11 is 5.83. The number of rotatable bonds is 2. The zero-order chi connectivity index (χ0) is 13.1. The second-order valence-electron chi connectivity index (χ2n) is 5.16. The number of hydrogen-bond acceptors (Lipinski definition) is 4. The Morgan fingerprint density at radius 2 is 2.28 bits per heavy atom. The molecule has 0 saturated heterocycles. The first kappa shape index (κ1) is 11.7. The fourth-order valence-corrected chi connectivity index (χ4v) is 2.21. The lowest BCUT2D eigenvalue weighted by Crippen LogP contribution is -2.35. The Morgan fingerprint density at radius 1 is 1.61 bits per heavy atom. The molecule has 2 heterocycles. The van der Waals surface area contributed by atoms with Crippen LogP contribution in [0.4, 0.5) is 5.82 Å². The van der Waals surface area contributed by atoms with Gasteiger partial charge in [-0.15, -0.1) is 0 Å². The number of hydrogen-bond donors (Lipinski definition) is 1. The van der Waals surface area contributed by atoms with Gasteiger partial charge >= 0.3 is 0 Å².